The number of aliphatic hydroxyl groups excluding tert-OH is 1. The lowest BCUT2D eigenvalue weighted by molar-refractivity contribution is 0.208. The van der Waals surface area contributed by atoms with Crippen molar-refractivity contribution in [2.24, 2.45) is 0 Å². The predicted molar refractivity (Wildman–Crippen MR) is 42.2 cm³/mol. The number of rotatable bonds is 3. The van der Waals surface area contributed by atoms with Crippen molar-refractivity contribution in [3.63, 3.8) is 0 Å². The lowest BCUT2D eigenvalue weighted by Crippen LogP contribution is -2.16. The van der Waals surface area contributed by atoms with E-state index in [9.17, 15) is 0 Å². The number of hydrogen-bond acceptors (Lipinski definition) is 4. The SMILES string of the molecule is CC(O)CNc1cccnn1. The van der Waals surface area contributed by atoms with E-state index in [0.29, 0.717) is 12.4 Å². The third-order valence-electron chi connectivity index (χ3n) is 1.15. The fourth-order valence-electron chi connectivity index (χ4n) is 0.648. The van der Waals surface area contributed by atoms with Gasteiger partial charge >= 0.3 is 0 Å². The van der Waals surface area contributed by atoms with E-state index in [-0.39, 0.29) is 6.10 Å². The Morgan fingerprint density at radius 2 is 2.55 bits per heavy atom. The van der Waals surface area contributed by atoms with Gasteiger partial charge in [0, 0.05) is 12.7 Å². The smallest absolute Gasteiger partial charge is 0.148 e. The first-order chi connectivity index (χ1) is 5.29. The molecule has 0 spiro atoms. The molecule has 0 amide bonds. The van der Waals surface area contributed by atoms with Gasteiger partial charge in [0.1, 0.15) is 5.82 Å². The molecule has 1 aromatic rings. The number of hydrogen-bond donors (Lipinski definition) is 2. The minimum Gasteiger partial charge on any atom is -0.392 e. The van der Waals surface area contributed by atoms with Crippen LogP contribution in [0, 0.1) is 0 Å². The number of anilines is 1. The average Bonchev–Trinajstić information content (AvgIpc) is 2.03. The molecular formula is C7H11N3O. The molecule has 1 atom stereocenters. The fraction of sp³-hybridized carbons (Fsp3) is 0.429. The van der Waals surface area contributed by atoms with Crippen LogP contribution in [0.2, 0.25) is 0 Å². The van der Waals surface area contributed by atoms with Crippen LogP contribution in [0.25, 0.3) is 0 Å². The molecule has 0 aliphatic heterocycles. The second-order valence-electron chi connectivity index (χ2n) is 2.34. The van der Waals surface area contributed by atoms with Crippen molar-refractivity contribution in [1.29, 1.82) is 0 Å². The van der Waals surface area contributed by atoms with Crippen LogP contribution in [0.3, 0.4) is 0 Å². The summed E-state index contributed by atoms with van der Waals surface area (Å²) in [6, 6.07) is 3.59. The second kappa shape index (κ2) is 3.88. The molecule has 0 saturated carbocycles. The Morgan fingerprint density at radius 1 is 1.73 bits per heavy atom. The molecule has 0 aliphatic rings. The van der Waals surface area contributed by atoms with Crippen LogP contribution < -0.4 is 5.32 Å². The van der Waals surface area contributed by atoms with Crippen LogP contribution in [0.5, 0.6) is 0 Å². The van der Waals surface area contributed by atoms with E-state index in [1.54, 1.807) is 25.3 Å². The molecule has 0 bridgehead atoms. The van der Waals surface area contributed by atoms with Crippen molar-refractivity contribution >= 4 is 5.82 Å². The van der Waals surface area contributed by atoms with Crippen molar-refractivity contribution in [2.45, 2.75) is 13.0 Å². The van der Waals surface area contributed by atoms with Crippen molar-refractivity contribution in [3.8, 4) is 0 Å². The Bertz CT molecular complexity index is 200. The van der Waals surface area contributed by atoms with E-state index >= 15 is 0 Å². The van der Waals surface area contributed by atoms with Crippen LogP contribution in [-0.4, -0.2) is 28.0 Å². The Hall–Kier alpha value is -1.16. The van der Waals surface area contributed by atoms with E-state index in [2.05, 4.69) is 15.5 Å². The molecule has 1 heterocycles. The third kappa shape index (κ3) is 2.95. The molecule has 0 aromatic carbocycles. The molecule has 2 N–H and O–H groups in total. The summed E-state index contributed by atoms with van der Waals surface area (Å²) < 4.78 is 0. The first kappa shape index (κ1) is 7.94. The van der Waals surface area contributed by atoms with Crippen LogP contribution in [0.4, 0.5) is 5.82 Å². The first-order valence-corrected chi connectivity index (χ1v) is 3.48. The monoisotopic (exact) mass is 153 g/mol. The van der Waals surface area contributed by atoms with Gasteiger partial charge in [-0.2, -0.15) is 5.10 Å². The Labute approximate surface area is 65.3 Å². The molecule has 4 heteroatoms. The third-order valence-corrected chi connectivity index (χ3v) is 1.15. The van der Waals surface area contributed by atoms with Gasteiger partial charge in [0.25, 0.3) is 0 Å². The fourth-order valence-corrected chi connectivity index (χ4v) is 0.648. The zero-order valence-electron chi connectivity index (χ0n) is 6.36. The second-order valence-corrected chi connectivity index (χ2v) is 2.34. The Morgan fingerprint density at radius 3 is 3.09 bits per heavy atom. The average molecular weight is 153 g/mol. The van der Waals surface area contributed by atoms with Gasteiger partial charge in [0.2, 0.25) is 0 Å². The first-order valence-electron chi connectivity index (χ1n) is 3.48. The molecular weight excluding hydrogens is 142 g/mol. The highest BCUT2D eigenvalue weighted by Crippen LogP contribution is 1.96. The lowest BCUT2D eigenvalue weighted by Gasteiger charge is -2.05. The van der Waals surface area contributed by atoms with Crippen LogP contribution in [-0.2, 0) is 0 Å². The number of aromatic nitrogens is 2. The van der Waals surface area contributed by atoms with Crippen molar-refractivity contribution in [1.82, 2.24) is 10.2 Å². The van der Waals surface area contributed by atoms with Gasteiger partial charge in [0.05, 0.1) is 6.10 Å². The summed E-state index contributed by atoms with van der Waals surface area (Å²) in [7, 11) is 0. The largest absolute Gasteiger partial charge is 0.392 e. The lowest BCUT2D eigenvalue weighted by atomic mass is 10.4. The zero-order chi connectivity index (χ0) is 8.10. The summed E-state index contributed by atoms with van der Waals surface area (Å²) >= 11 is 0. The normalized spacial score (nSPS) is 12.5. The highest BCUT2D eigenvalue weighted by molar-refractivity contribution is 5.31. The molecule has 0 aliphatic carbocycles. The number of nitrogens with one attached hydrogen (secondary N) is 1. The van der Waals surface area contributed by atoms with Crippen LogP contribution in [0.1, 0.15) is 6.92 Å². The van der Waals surface area contributed by atoms with E-state index in [1.165, 1.54) is 0 Å². The maximum atomic E-state index is 8.90. The molecule has 1 rings (SSSR count). The quantitative estimate of drug-likeness (QED) is 0.654. The van der Waals surface area contributed by atoms with Gasteiger partial charge in [0.15, 0.2) is 0 Å². The summed E-state index contributed by atoms with van der Waals surface area (Å²) in [5.41, 5.74) is 0. The Balaban J connectivity index is 2.39. The molecule has 0 fully saturated rings. The Kier molecular flexibility index (Phi) is 2.80. The number of nitrogens with zero attached hydrogens (tertiary/aromatic N) is 2. The molecule has 60 valence electrons. The topological polar surface area (TPSA) is 58.0 Å². The van der Waals surface area contributed by atoms with E-state index in [1.807, 2.05) is 0 Å². The molecule has 1 aromatic heterocycles. The summed E-state index contributed by atoms with van der Waals surface area (Å²) in [6.07, 6.45) is 1.24. The molecule has 1 unspecified atom stereocenters. The van der Waals surface area contributed by atoms with E-state index in [0.717, 1.165) is 0 Å². The molecule has 0 saturated heterocycles. The van der Waals surface area contributed by atoms with Gasteiger partial charge in [-0.05, 0) is 19.1 Å². The molecule has 0 radical (unpaired) electrons. The summed E-state index contributed by atoms with van der Waals surface area (Å²) in [4.78, 5) is 0. The number of aliphatic hydroxyl groups is 1. The summed E-state index contributed by atoms with van der Waals surface area (Å²) in [5.74, 6) is 0.688. The minimum absolute atomic E-state index is 0.364. The predicted octanol–water partition coefficient (Wildman–Crippen LogP) is 0.269. The van der Waals surface area contributed by atoms with Crippen molar-refractivity contribution in [2.75, 3.05) is 11.9 Å². The van der Waals surface area contributed by atoms with Gasteiger partial charge in [-0.15, -0.1) is 5.10 Å². The molecule has 4 nitrogen and oxygen atoms in total. The van der Waals surface area contributed by atoms with Crippen LogP contribution >= 0.6 is 0 Å². The van der Waals surface area contributed by atoms with Crippen molar-refractivity contribution in [3.05, 3.63) is 18.3 Å². The maximum absolute atomic E-state index is 8.90. The van der Waals surface area contributed by atoms with Gasteiger partial charge in [-0.25, -0.2) is 0 Å². The molecule has 11 heavy (non-hydrogen) atoms. The standard InChI is InChI=1S/C7H11N3O/c1-6(11)5-8-7-3-2-4-9-10-7/h2-4,6,11H,5H2,1H3,(H,8,10). The highest BCUT2D eigenvalue weighted by Gasteiger charge is 1.95. The zero-order valence-corrected chi connectivity index (χ0v) is 6.36. The van der Waals surface area contributed by atoms with Gasteiger partial charge in [-0.1, -0.05) is 0 Å². The summed E-state index contributed by atoms with van der Waals surface area (Å²) in [5, 5.41) is 19.3. The van der Waals surface area contributed by atoms with E-state index < -0.39 is 0 Å². The maximum Gasteiger partial charge on any atom is 0.148 e. The van der Waals surface area contributed by atoms with E-state index in [4.69, 9.17) is 5.11 Å². The highest BCUT2D eigenvalue weighted by atomic mass is 16.3. The van der Waals surface area contributed by atoms with Crippen molar-refractivity contribution < 1.29 is 5.11 Å². The minimum atomic E-state index is -0.364. The van der Waals surface area contributed by atoms with Crippen LogP contribution in [0.15, 0.2) is 18.3 Å². The van der Waals surface area contributed by atoms with Gasteiger partial charge in [-0.3, -0.25) is 0 Å². The van der Waals surface area contributed by atoms with Gasteiger partial charge < -0.3 is 10.4 Å². The summed E-state index contributed by atoms with van der Waals surface area (Å²) in [6.45, 7) is 2.21.